The lowest BCUT2D eigenvalue weighted by Gasteiger charge is -2.37. The molecule has 0 unspecified atom stereocenters. The van der Waals surface area contributed by atoms with Crippen LogP contribution in [0.4, 0.5) is 15.9 Å². The van der Waals surface area contributed by atoms with Crippen molar-refractivity contribution in [2.24, 2.45) is 0 Å². The predicted molar refractivity (Wildman–Crippen MR) is 80.5 cm³/mol. The minimum absolute atomic E-state index is 0.382. The number of aldehydes is 1. The number of nitrogens with zero attached hydrogens (tertiary/aromatic N) is 3. The number of carbonyl (C=O) groups is 1. The van der Waals surface area contributed by atoms with Crippen LogP contribution in [0.1, 0.15) is 10.4 Å². The number of hydrogen-bond donors (Lipinski definition) is 0. The molecule has 2 aromatic rings. The van der Waals surface area contributed by atoms with Gasteiger partial charge in [0.05, 0.1) is 0 Å². The van der Waals surface area contributed by atoms with E-state index in [2.05, 4.69) is 14.8 Å². The summed E-state index contributed by atoms with van der Waals surface area (Å²) in [7, 11) is 0. The molecule has 0 saturated carbocycles. The summed E-state index contributed by atoms with van der Waals surface area (Å²) in [5, 5.41) is 0. The Hall–Kier alpha value is -2.43. The molecule has 5 heteroatoms. The number of benzene rings is 1. The molecule has 0 N–H and O–H groups in total. The minimum Gasteiger partial charge on any atom is -0.367 e. The molecule has 4 nitrogen and oxygen atoms in total. The lowest BCUT2D eigenvalue weighted by molar-refractivity contribution is 0.112. The standard InChI is InChI=1S/C16H16FN3O/c17-14-4-5-15(13(11-14)12-21)19-7-9-20(10-8-19)16-3-1-2-6-18-16/h1-6,11-12H,7-10H2. The summed E-state index contributed by atoms with van der Waals surface area (Å²) in [5.74, 6) is 0.583. The van der Waals surface area contributed by atoms with Crippen LogP contribution in [-0.4, -0.2) is 37.4 Å². The van der Waals surface area contributed by atoms with E-state index in [-0.39, 0.29) is 5.82 Å². The van der Waals surface area contributed by atoms with Crippen molar-refractivity contribution < 1.29 is 9.18 Å². The second-order valence-corrected chi connectivity index (χ2v) is 4.98. The molecule has 1 aliphatic rings. The van der Waals surface area contributed by atoms with Crippen molar-refractivity contribution in [2.45, 2.75) is 0 Å². The third-order valence-electron chi connectivity index (χ3n) is 3.71. The Bertz CT molecular complexity index is 625. The van der Waals surface area contributed by atoms with Crippen LogP contribution in [0.15, 0.2) is 42.6 Å². The highest BCUT2D eigenvalue weighted by molar-refractivity contribution is 5.84. The van der Waals surface area contributed by atoms with Gasteiger partial charge in [0, 0.05) is 43.6 Å². The molecule has 1 saturated heterocycles. The van der Waals surface area contributed by atoms with Crippen molar-refractivity contribution >= 4 is 17.8 Å². The zero-order valence-electron chi connectivity index (χ0n) is 11.6. The summed E-state index contributed by atoms with van der Waals surface area (Å²) < 4.78 is 13.2. The van der Waals surface area contributed by atoms with Crippen LogP contribution in [0.2, 0.25) is 0 Å². The minimum atomic E-state index is -0.382. The highest BCUT2D eigenvalue weighted by Gasteiger charge is 2.20. The van der Waals surface area contributed by atoms with Crippen molar-refractivity contribution in [2.75, 3.05) is 36.0 Å². The molecule has 0 amide bonds. The Labute approximate surface area is 122 Å². The van der Waals surface area contributed by atoms with Crippen LogP contribution < -0.4 is 9.80 Å². The van der Waals surface area contributed by atoms with E-state index in [9.17, 15) is 9.18 Å². The molecule has 1 fully saturated rings. The maximum atomic E-state index is 13.2. The fraction of sp³-hybridized carbons (Fsp3) is 0.250. The van der Waals surface area contributed by atoms with Gasteiger partial charge < -0.3 is 9.80 Å². The summed E-state index contributed by atoms with van der Waals surface area (Å²) in [6.45, 7) is 3.21. The number of halogens is 1. The zero-order chi connectivity index (χ0) is 14.7. The van der Waals surface area contributed by atoms with Gasteiger partial charge in [0.25, 0.3) is 0 Å². The normalized spacial score (nSPS) is 15.1. The predicted octanol–water partition coefficient (Wildman–Crippen LogP) is 2.36. The molecule has 0 spiro atoms. The van der Waals surface area contributed by atoms with E-state index < -0.39 is 0 Å². The van der Waals surface area contributed by atoms with E-state index in [1.165, 1.54) is 12.1 Å². The number of rotatable bonds is 3. The van der Waals surface area contributed by atoms with E-state index >= 15 is 0 Å². The quantitative estimate of drug-likeness (QED) is 0.811. The fourth-order valence-corrected chi connectivity index (χ4v) is 2.63. The molecule has 21 heavy (non-hydrogen) atoms. The SMILES string of the molecule is O=Cc1cc(F)ccc1N1CCN(c2ccccn2)CC1. The molecule has 3 rings (SSSR count). The second kappa shape index (κ2) is 5.91. The first-order chi connectivity index (χ1) is 10.3. The number of piperazine rings is 1. The number of aromatic nitrogens is 1. The van der Waals surface area contributed by atoms with Crippen molar-refractivity contribution in [3.05, 3.63) is 54.0 Å². The number of hydrogen-bond acceptors (Lipinski definition) is 4. The topological polar surface area (TPSA) is 36.4 Å². The van der Waals surface area contributed by atoms with Gasteiger partial charge in [-0.25, -0.2) is 9.37 Å². The van der Waals surface area contributed by atoms with E-state index in [4.69, 9.17) is 0 Å². The van der Waals surface area contributed by atoms with Gasteiger partial charge >= 0.3 is 0 Å². The Morgan fingerprint density at radius 3 is 2.48 bits per heavy atom. The van der Waals surface area contributed by atoms with E-state index in [1.807, 2.05) is 18.2 Å². The van der Waals surface area contributed by atoms with E-state index in [1.54, 1.807) is 12.3 Å². The molecule has 1 aliphatic heterocycles. The summed E-state index contributed by atoms with van der Waals surface area (Å²) in [6.07, 6.45) is 2.50. The lowest BCUT2D eigenvalue weighted by Crippen LogP contribution is -2.47. The molecule has 0 aliphatic carbocycles. The highest BCUT2D eigenvalue weighted by Crippen LogP contribution is 2.23. The van der Waals surface area contributed by atoms with Crippen LogP contribution in [0.25, 0.3) is 0 Å². The van der Waals surface area contributed by atoms with Crippen molar-refractivity contribution in [1.29, 1.82) is 0 Å². The van der Waals surface area contributed by atoms with Crippen molar-refractivity contribution in [3.8, 4) is 0 Å². The van der Waals surface area contributed by atoms with Crippen molar-refractivity contribution in [1.82, 2.24) is 4.98 Å². The number of carbonyl (C=O) groups excluding carboxylic acids is 1. The molecule has 0 atom stereocenters. The smallest absolute Gasteiger partial charge is 0.152 e. The first-order valence-electron chi connectivity index (χ1n) is 6.93. The van der Waals surface area contributed by atoms with Gasteiger partial charge in [0.2, 0.25) is 0 Å². The van der Waals surface area contributed by atoms with E-state index in [0.717, 1.165) is 37.7 Å². The van der Waals surface area contributed by atoms with Gasteiger partial charge in [-0.15, -0.1) is 0 Å². The van der Waals surface area contributed by atoms with Gasteiger partial charge in [0.15, 0.2) is 6.29 Å². The largest absolute Gasteiger partial charge is 0.367 e. The van der Waals surface area contributed by atoms with Gasteiger partial charge in [-0.1, -0.05) is 6.07 Å². The first kappa shape index (κ1) is 13.5. The maximum absolute atomic E-state index is 13.2. The van der Waals surface area contributed by atoms with Crippen LogP contribution in [0, 0.1) is 5.82 Å². The van der Waals surface area contributed by atoms with E-state index in [0.29, 0.717) is 11.8 Å². The number of pyridine rings is 1. The van der Waals surface area contributed by atoms with Gasteiger partial charge in [-0.05, 0) is 30.3 Å². The molecule has 0 radical (unpaired) electrons. The van der Waals surface area contributed by atoms with Crippen molar-refractivity contribution in [3.63, 3.8) is 0 Å². The molecule has 1 aromatic heterocycles. The first-order valence-corrected chi connectivity index (χ1v) is 6.93. The molecule has 0 bridgehead atoms. The Kier molecular flexibility index (Phi) is 3.81. The fourth-order valence-electron chi connectivity index (χ4n) is 2.63. The number of anilines is 2. The summed E-state index contributed by atoms with van der Waals surface area (Å²) in [6, 6.07) is 10.2. The molecule has 2 heterocycles. The lowest BCUT2D eigenvalue weighted by atomic mass is 10.1. The highest BCUT2D eigenvalue weighted by atomic mass is 19.1. The van der Waals surface area contributed by atoms with Gasteiger partial charge in [-0.2, -0.15) is 0 Å². The van der Waals surface area contributed by atoms with Crippen LogP contribution >= 0.6 is 0 Å². The molecular weight excluding hydrogens is 269 g/mol. The second-order valence-electron chi connectivity index (χ2n) is 4.98. The summed E-state index contributed by atoms with van der Waals surface area (Å²) in [4.78, 5) is 19.8. The van der Waals surface area contributed by atoms with Crippen LogP contribution in [0.5, 0.6) is 0 Å². The average molecular weight is 285 g/mol. The summed E-state index contributed by atoms with van der Waals surface area (Å²) in [5.41, 5.74) is 1.20. The Morgan fingerprint density at radius 2 is 1.81 bits per heavy atom. The third kappa shape index (κ3) is 2.86. The monoisotopic (exact) mass is 285 g/mol. The molecular formula is C16H16FN3O. The van der Waals surface area contributed by atoms with Crippen LogP contribution in [-0.2, 0) is 0 Å². The average Bonchev–Trinajstić information content (AvgIpc) is 2.56. The maximum Gasteiger partial charge on any atom is 0.152 e. The molecule has 1 aromatic carbocycles. The zero-order valence-corrected chi connectivity index (χ0v) is 11.6. The third-order valence-corrected chi connectivity index (χ3v) is 3.71. The van der Waals surface area contributed by atoms with Gasteiger partial charge in [-0.3, -0.25) is 4.79 Å². The molecule has 108 valence electrons. The van der Waals surface area contributed by atoms with Gasteiger partial charge in [0.1, 0.15) is 11.6 Å². The Balaban J connectivity index is 1.73. The van der Waals surface area contributed by atoms with Crippen LogP contribution in [0.3, 0.4) is 0 Å². The summed E-state index contributed by atoms with van der Waals surface area (Å²) >= 11 is 0. The Morgan fingerprint density at radius 1 is 1.05 bits per heavy atom.